The van der Waals surface area contributed by atoms with Crippen molar-refractivity contribution in [2.75, 3.05) is 5.75 Å². The van der Waals surface area contributed by atoms with Crippen molar-refractivity contribution < 1.29 is 28.9 Å². The molecule has 7 atom stereocenters. The largest absolute Gasteiger partial charge is 0.459 e. The fourth-order valence-electron chi connectivity index (χ4n) is 4.45. The first-order valence-electron chi connectivity index (χ1n) is 10.9. The van der Waals surface area contributed by atoms with Crippen LogP contribution in [0.3, 0.4) is 0 Å². The minimum absolute atomic E-state index is 0.153. The Bertz CT molecular complexity index is 739. The summed E-state index contributed by atoms with van der Waals surface area (Å²) in [5.74, 6) is -1.14. The number of hydrogen-bond acceptors (Lipinski definition) is 7. The fourth-order valence-corrected chi connectivity index (χ4v) is 5.34. The van der Waals surface area contributed by atoms with Crippen molar-refractivity contribution in [2.24, 2.45) is 5.92 Å². The topological polar surface area (TPSA) is 97.4 Å². The molecule has 4 aliphatic rings. The smallest absolute Gasteiger partial charge is 0.330 e. The molecule has 3 saturated heterocycles. The molecule has 2 N–H and O–H groups in total. The van der Waals surface area contributed by atoms with Gasteiger partial charge in [0, 0.05) is 24.7 Å². The van der Waals surface area contributed by atoms with E-state index in [0.717, 1.165) is 43.0 Å². The summed E-state index contributed by atoms with van der Waals surface area (Å²) in [4.78, 5) is 24.1. The molecule has 8 heteroatoms. The number of nitrogens with one attached hydrogen (secondary N) is 1. The summed E-state index contributed by atoms with van der Waals surface area (Å²) < 4.78 is 17.5. The number of thioether (sulfide) groups is 1. The summed E-state index contributed by atoms with van der Waals surface area (Å²) in [6.45, 7) is 4.08. The Hall–Kier alpha value is -1.35. The molecule has 7 nitrogen and oxygen atoms in total. The predicted octanol–water partition coefficient (Wildman–Crippen LogP) is 3.07. The van der Waals surface area contributed by atoms with Gasteiger partial charge in [0.25, 0.3) is 5.24 Å². The van der Waals surface area contributed by atoms with Crippen LogP contribution in [0.5, 0.6) is 0 Å². The highest BCUT2D eigenvalue weighted by Gasteiger charge is 2.49. The number of fused-ring (bicyclic) bond motifs is 3. The van der Waals surface area contributed by atoms with Gasteiger partial charge in [-0.3, -0.25) is 4.79 Å². The van der Waals surface area contributed by atoms with Crippen LogP contribution < -0.4 is 5.32 Å². The maximum Gasteiger partial charge on any atom is 0.330 e. The highest BCUT2D eigenvalue weighted by atomic mass is 32.2. The quantitative estimate of drug-likeness (QED) is 0.370. The zero-order valence-corrected chi connectivity index (χ0v) is 18.4. The molecule has 3 fully saturated rings. The Labute approximate surface area is 181 Å². The number of esters is 1. The van der Waals surface area contributed by atoms with E-state index in [0.29, 0.717) is 18.1 Å². The maximum absolute atomic E-state index is 12.5. The summed E-state index contributed by atoms with van der Waals surface area (Å²) in [6.07, 6.45) is 9.56. The first kappa shape index (κ1) is 21.9. The van der Waals surface area contributed by atoms with E-state index in [-0.39, 0.29) is 35.9 Å². The number of carbonyl (C=O) groups excluding carboxylic acids is 2. The second kappa shape index (κ2) is 9.02. The third-order valence-electron chi connectivity index (χ3n) is 6.30. The first-order chi connectivity index (χ1) is 14.3. The molecule has 30 heavy (non-hydrogen) atoms. The zero-order valence-electron chi connectivity index (χ0n) is 17.5. The van der Waals surface area contributed by atoms with Crippen molar-refractivity contribution >= 4 is 23.0 Å². The Balaban J connectivity index is 1.50. The maximum atomic E-state index is 12.5. The molecule has 0 aromatic heterocycles. The Morgan fingerprint density at radius 3 is 2.80 bits per heavy atom. The lowest BCUT2D eigenvalue weighted by atomic mass is 9.90. The average Bonchev–Trinajstić information content (AvgIpc) is 3.29. The van der Waals surface area contributed by atoms with Gasteiger partial charge < -0.3 is 24.6 Å². The third-order valence-corrected chi connectivity index (χ3v) is 7.18. The van der Waals surface area contributed by atoms with Crippen molar-refractivity contribution in [2.45, 2.75) is 88.6 Å². The summed E-state index contributed by atoms with van der Waals surface area (Å²) >= 11 is 1.13. The highest BCUT2D eigenvalue weighted by Crippen LogP contribution is 2.37. The molecule has 1 amide bonds. The first-order valence-corrected chi connectivity index (χ1v) is 11.8. The SMILES string of the molecule is CC1=CC(=O)O[C@@H]2C[C@@H](CCC(C)C=C[C@@H]3O[C@H]3CC1)O[C@](O)([C@H]1CSC(=O)N1)C2. The molecule has 0 saturated carbocycles. The Morgan fingerprint density at radius 1 is 1.20 bits per heavy atom. The van der Waals surface area contributed by atoms with E-state index < -0.39 is 17.9 Å². The lowest BCUT2D eigenvalue weighted by Gasteiger charge is -2.43. The molecule has 2 bridgehead atoms. The molecule has 166 valence electrons. The molecule has 1 unspecified atom stereocenters. The van der Waals surface area contributed by atoms with Gasteiger partial charge in [0.2, 0.25) is 0 Å². The molecule has 0 aromatic rings. The van der Waals surface area contributed by atoms with Gasteiger partial charge in [-0.05, 0) is 38.5 Å². The number of amides is 1. The highest BCUT2D eigenvalue weighted by molar-refractivity contribution is 8.14. The van der Waals surface area contributed by atoms with E-state index in [2.05, 4.69) is 24.4 Å². The van der Waals surface area contributed by atoms with Crippen LogP contribution in [0.4, 0.5) is 4.79 Å². The number of rotatable bonds is 1. The van der Waals surface area contributed by atoms with Crippen LogP contribution >= 0.6 is 11.8 Å². The van der Waals surface area contributed by atoms with E-state index >= 15 is 0 Å². The molecule has 0 spiro atoms. The standard InChI is InChI=1S/C22H31NO6S/c1-13-3-6-15-10-16(11-22(26,29-15)19-12-30-21(25)23-19)27-20(24)9-14(2)5-8-18-17(28-18)7-4-13/h4,7,9,13,15-19,26H,3,5-6,8,10-12H2,1-2H3,(H,23,25)/t13?,15-,16-,17+,18+,19-,22+/m1/s1. The van der Waals surface area contributed by atoms with Gasteiger partial charge in [-0.25, -0.2) is 4.79 Å². The van der Waals surface area contributed by atoms with E-state index in [1.807, 2.05) is 6.92 Å². The van der Waals surface area contributed by atoms with Crippen LogP contribution in [-0.2, 0) is 19.0 Å². The minimum Gasteiger partial charge on any atom is -0.459 e. The second-order valence-electron chi connectivity index (χ2n) is 8.99. The van der Waals surface area contributed by atoms with E-state index in [4.69, 9.17) is 14.2 Å². The van der Waals surface area contributed by atoms with Crippen molar-refractivity contribution in [3.63, 3.8) is 0 Å². The second-order valence-corrected chi connectivity index (χ2v) is 9.98. The average molecular weight is 438 g/mol. The van der Waals surface area contributed by atoms with Crippen LogP contribution in [0.1, 0.15) is 52.4 Å². The van der Waals surface area contributed by atoms with E-state index in [9.17, 15) is 14.7 Å². The van der Waals surface area contributed by atoms with Gasteiger partial charge in [0.15, 0.2) is 5.79 Å². The van der Waals surface area contributed by atoms with Gasteiger partial charge in [-0.2, -0.15) is 0 Å². The number of ether oxygens (including phenoxy) is 3. The normalized spacial score (nSPS) is 42.7. The van der Waals surface area contributed by atoms with Crippen molar-refractivity contribution in [1.82, 2.24) is 5.32 Å². The summed E-state index contributed by atoms with van der Waals surface area (Å²) in [6, 6.07) is -0.511. The molecular formula is C22H31NO6S. The van der Waals surface area contributed by atoms with Gasteiger partial charge in [-0.1, -0.05) is 36.4 Å². The Kier molecular flexibility index (Phi) is 6.58. The number of epoxide rings is 1. The van der Waals surface area contributed by atoms with E-state index in [1.54, 1.807) is 0 Å². The summed E-state index contributed by atoms with van der Waals surface area (Å²) in [5, 5.41) is 13.9. The van der Waals surface area contributed by atoms with Gasteiger partial charge in [0.05, 0.1) is 18.2 Å². The number of carbonyl (C=O) groups is 2. The summed E-state index contributed by atoms with van der Waals surface area (Å²) in [5.41, 5.74) is 0.956. The molecule has 0 aromatic carbocycles. The molecule has 4 aliphatic heterocycles. The number of allylic oxidation sites excluding steroid dienone is 2. The van der Waals surface area contributed by atoms with Crippen LogP contribution in [0.2, 0.25) is 0 Å². The van der Waals surface area contributed by atoms with Gasteiger partial charge >= 0.3 is 5.97 Å². The molecule has 0 aliphatic carbocycles. The van der Waals surface area contributed by atoms with Crippen molar-refractivity contribution in [3.8, 4) is 0 Å². The third kappa shape index (κ3) is 5.46. The lowest BCUT2D eigenvalue weighted by molar-refractivity contribution is -0.283. The predicted molar refractivity (Wildman–Crippen MR) is 113 cm³/mol. The van der Waals surface area contributed by atoms with Gasteiger partial charge in [-0.15, -0.1) is 0 Å². The molecule has 4 heterocycles. The molecule has 4 rings (SSSR count). The van der Waals surface area contributed by atoms with Crippen molar-refractivity contribution in [3.05, 3.63) is 23.8 Å². The monoisotopic (exact) mass is 437 g/mol. The Morgan fingerprint density at radius 2 is 2.03 bits per heavy atom. The van der Waals surface area contributed by atoms with Crippen LogP contribution in [0.25, 0.3) is 0 Å². The van der Waals surface area contributed by atoms with E-state index in [1.165, 1.54) is 6.08 Å². The van der Waals surface area contributed by atoms with Crippen LogP contribution in [0.15, 0.2) is 23.8 Å². The van der Waals surface area contributed by atoms with Crippen LogP contribution in [-0.4, -0.2) is 58.3 Å². The minimum atomic E-state index is -1.54. The number of hydrogen-bond donors (Lipinski definition) is 2. The molecular weight excluding hydrogens is 406 g/mol. The van der Waals surface area contributed by atoms with Crippen LogP contribution in [0, 0.1) is 5.92 Å². The van der Waals surface area contributed by atoms with Gasteiger partial charge in [0.1, 0.15) is 12.2 Å². The molecule has 0 radical (unpaired) electrons. The van der Waals surface area contributed by atoms with Crippen molar-refractivity contribution in [1.29, 1.82) is 0 Å². The fraction of sp³-hybridized carbons (Fsp3) is 0.727. The number of aliphatic hydroxyl groups is 1. The lowest BCUT2D eigenvalue weighted by Crippen LogP contribution is -2.58. The summed E-state index contributed by atoms with van der Waals surface area (Å²) in [7, 11) is 0. The zero-order chi connectivity index (χ0) is 21.3.